The molecule has 17 heavy (non-hydrogen) atoms. The van der Waals surface area contributed by atoms with Crippen LogP contribution >= 0.6 is 15.9 Å². The second-order valence-electron chi connectivity index (χ2n) is 3.41. The molecule has 0 heterocycles. The Balaban J connectivity index is 2.75. The molecule has 6 nitrogen and oxygen atoms in total. The van der Waals surface area contributed by atoms with Crippen LogP contribution in [0.4, 0.5) is 11.4 Å². The first-order valence-electron chi connectivity index (χ1n) is 4.89. The molecule has 1 aromatic rings. The zero-order chi connectivity index (χ0) is 12.8. The van der Waals surface area contributed by atoms with Crippen LogP contribution < -0.4 is 5.32 Å². The molecule has 1 unspecified atom stereocenters. The van der Waals surface area contributed by atoms with Crippen LogP contribution in [-0.2, 0) is 4.74 Å². The van der Waals surface area contributed by atoms with Gasteiger partial charge in [-0.1, -0.05) is 15.9 Å². The Hall–Kier alpha value is -1.18. The van der Waals surface area contributed by atoms with Gasteiger partial charge in [-0.25, -0.2) is 0 Å². The molecule has 0 saturated heterocycles. The van der Waals surface area contributed by atoms with Gasteiger partial charge in [-0.3, -0.25) is 10.1 Å². The van der Waals surface area contributed by atoms with E-state index in [0.717, 1.165) is 4.47 Å². The van der Waals surface area contributed by atoms with E-state index in [9.17, 15) is 15.2 Å². The van der Waals surface area contributed by atoms with Crippen LogP contribution in [0.5, 0.6) is 0 Å². The van der Waals surface area contributed by atoms with Crippen molar-refractivity contribution in [1.29, 1.82) is 0 Å². The molecule has 0 aliphatic heterocycles. The summed E-state index contributed by atoms with van der Waals surface area (Å²) in [6.45, 7) is 0.361. The van der Waals surface area contributed by atoms with Crippen molar-refractivity contribution in [2.24, 2.45) is 0 Å². The maximum atomic E-state index is 10.8. The van der Waals surface area contributed by atoms with E-state index in [0.29, 0.717) is 5.69 Å². The van der Waals surface area contributed by atoms with Gasteiger partial charge in [0.25, 0.3) is 5.69 Å². The van der Waals surface area contributed by atoms with Crippen molar-refractivity contribution in [3.05, 3.63) is 32.8 Å². The first kappa shape index (κ1) is 13.9. The molecule has 1 atom stereocenters. The van der Waals surface area contributed by atoms with Crippen LogP contribution in [0.1, 0.15) is 0 Å². The van der Waals surface area contributed by atoms with Crippen molar-refractivity contribution in [3.8, 4) is 0 Å². The molecule has 2 N–H and O–H groups in total. The number of hydrogen-bond acceptors (Lipinski definition) is 5. The summed E-state index contributed by atoms with van der Waals surface area (Å²) in [4.78, 5) is 10.3. The van der Waals surface area contributed by atoms with Crippen LogP contribution in [-0.4, -0.2) is 36.4 Å². The number of ether oxygens (including phenoxy) is 1. The molecule has 0 fully saturated rings. The average Bonchev–Trinajstić information content (AvgIpc) is 2.26. The van der Waals surface area contributed by atoms with Crippen molar-refractivity contribution in [3.63, 3.8) is 0 Å². The van der Waals surface area contributed by atoms with E-state index in [1.165, 1.54) is 13.2 Å². The highest BCUT2D eigenvalue weighted by Gasteiger charge is 2.14. The van der Waals surface area contributed by atoms with Gasteiger partial charge in [0, 0.05) is 24.2 Å². The molecule has 0 radical (unpaired) electrons. The summed E-state index contributed by atoms with van der Waals surface area (Å²) in [5.74, 6) is 0. The lowest BCUT2D eigenvalue weighted by atomic mass is 10.2. The van der Waals surface area contributed by atoms with Gasteiger partial charge in [-0.2, -0.15) is 0 Å². The minimum absolute atomic E-state index is 0.0298. The van der Waals surface area contributed by atoms with Gasteiger partial charge in [0.05, 0.1) is 17.6 Å². The lowest BCUT2D eigenvalue weighted by Gasteiger charge is -2.12. The molecule has 0 aromatic heterocycles. The number of halogens is 1. The van der Waals surface area contributed by atoms with Gasteiger partial charge in [0.15, 0.2) is 0 Å². The van der Waals surface area contributed by atoms with E-state index < -0.39 is 11.0 Å². The minimum Gasteiger partial charge on any atom is -0.389 e. The SMILES string of the molecule is COCC(O)CNc1cc(Br)ccc1[N+](=O)[O-]. The second-order valence-corrected chi connectivity index (χ2v) is 4.32. The number of nitrogens with one attached hydrogen (secondary N) is 1. The number of anilines is 1. The van der Waals surface area contributed by atoms with Crippen molar-refractivity contribution in [2.45, 2.75) is 6.10 Å². The third-order valence-corrected chi connectivity index (χ3v) is 2.54. The summed E-state index contributed by atoms with van der Waals surface area (Å²) in [6, 6.07) is 4.58. The lowest BCUT2D eigenvalue weighted by Crippen LogP contribution is -2.24. The van der Waals surface area contributed by atoms with Crippen LogP contribution in [0.15, 0.2) is 22.7 Å². The van der Waals surface area contributed by atoms with Gasteiger partial charge < -0.3 is 15.2 Å². The Morgan fingerprint density at radius 3 is 2.94 bits per heavy atom. The van der Waals surface area contributed by atoms with Gasteiger partial charge in [0.2, 0.25) is 0 Å². The Morgan fingerprint density at radius 1 is 1.65 bits per heavy atom. The lowest BCUT2D eigenvalue weighted by molar-refractivity contribution is -0.384. The van der Waals surface area contributed by atoms with E-state index in [4.69, 9.17) is 4.74 Å². The van der Waals surface area contributed by atoms with E-state index in [-0.39, 0.29) is 18.8 Å². The van der Waals surface area contributed by atoms with E-state index in [1.807, 2.05) is 0 Å². The highest BCUT2D eigenvalue weighted by atomic mass is 79.9. The molecular formula is C10H13BrN2O4. The number of nitro benzene ring substituents is 1. The predicted molar refractivity (Wildman–Crippen MR) is 67.2 cm³/mol. The number of hydrogen-bond donors (Lipinski definition) is 2. The normalized spacial score (nSPS) is 12.2. The van der Waals surface area contributed by atoms with E-state index in [1.54, 1.807) is 12.1 Å². The van der Waals surface area contributed by atoms with Crippen molar-refractivity contribution < 1.29 is 14.8 Å². The highest BCUT2D eigenvalue weighted by molar-refractivity contribution is 9.10. The van der Waals surface area contributed by atoms with Gasteiger partial charge in [-0.15, -0.1) is 0 Å². The Morgan fingerprint density at radius 2 is 2.35 bits per heavy atom. The first-order valence-corrected chi connectivity index (χ1v) is 5.68. The smallest absolute Gasteiger partial charge is 0.292 e. The number of methoxy groups -OCH3 is 1. The zero-order valence-corrected chi connectivity index (χ0v) is 10.8. The number of benzene rings is 1. The molecule has 0 amide bonds. The maximum Gasteiger partial charge on any atom is 0.292 e. The third kappa shape index (κ3) is 4.29. The summed E-state index contributed by atoms with van der Waals surface area (Å²) < 4.78 is 5.49. The molecule has 0 saturated carbocycles. The summed E-state index contributed by atoms with van der Waals surface area (Å²) in [6.07, 6.45) is -0.710. The van der Waals surface area contributed by atoms with Crippen LogP contribution in [0.25, 0.3) is 0 Å². The Bertz CT molecular complexity index is 400. The predicted octanol–water partition coefficient (Wildman–Crippen LogP) is 1.78. The molecule has 94 valence electrons. The third-order valence-electron chi connectivity index (χ3n) is 2.04. The topological polar surface area (TPSA) is 84.6 Å². The molecule has 0 spiro atoms. The van der Waals surface area contributed by atoms with Crippen molar-refractivity contribution >= 4 is 27.3 Å². The fourth-order valence-electron chi connectivity index (χ4n) is 1.29. The largest absolute Gasteiger partial charge is 0.389 e. The van der Waals surface area contributed by atoms with Crippen molar-refractivity contribution in [1.82, 2.24) is 0 Å². The minimum atomic E-state index is -0.710. The monoisotopic (exact) mass is 304 g/mol. The van der Waals surface area contributed by atoms with Crippen LogP contribution in [0.2, 0.25) is 0 Å². The first-order chi connectivity index (χ1) is 8.04. The standard InChI is InChI=1S/C10H13BrN2O4/c1-17-6-8(14)5-12-9-4-7(11)2-3-10(9)13(15)16/h2-4,8,12,14H,5-6H2,1H3. The fourth-order valence-corrected chi connectivity index (χ4v) is 1.65. The summed E-state index contributed by atoms with van der Waals surface area (Å²) in [7, 11) is 1.48. The van der Waals surface area contributed by atoms with Gasteiger partial charge in [-0.05, 0) is 12.1 Å². The zero-order valence-electron chi connectivity index (χ0n) is 9.22. The molecule has 0 aliphatic carbocycles. The maximum absolute atomic E-state index is 10.8. The molecule has 0 bridgehead atoms. The number of aliphatic hydroxyl groups is 1. The van der Waals surface area contributed by atoms with E-state index >= 15 is 0 Å². The van der Waals surface area contributed by atoms with Crippen LogP contribution in [0, 0.1) is 10.1 Å². The average molecular weight is 305 g/mol. The molecular weight excluding hydrogens is 292 g/mol. The summed E-state index contributed by atoms with van der Waals surface area (Å²) in [5.41, 5.74) is 0.331. The van der Waals surface area contributed by atoms with Crippen LogP contribution in [0.3, 0.4) is 0 Å². The number of rotatable bonds is 6. The van der Waals surface area contributed by atoms with Crippen molar-refractivity contribution in [2.75, 3.05) is 25.6 Å². The second kappa shape index (κ2) is 6.53. The van der Waals surface area contributed by atoms with Gasteiger partial charge >= 0.3 is 0 Å². The fraction of sp³-hybridized carbons (Fsp3) is 0.400. The number of nitrogens with zero attached hydrogens (tertiary/aromatic N) is 1. The summed E-state index contributed by atoms with van der Waals surface area (Å²) in [5, 5.41) is 23.0. The summed E-state index contributed by atoms with van der Waals surface area (Å²) >= 11 is 3.23. The highest BCUT2D eigenvalue weighted by Crippen LogP contribution is 2.27. The molecule has 0 aliphatic rings. The van der Waals surface area contributed by atoms with E-state index in [2.05, 4.69) is 21.2 Å². The number of aliphatic hydroxyl groups excluding tert-OH is 1. The Kier molecular flexibility index (Phi) is 5.33. The van der Waals surface area contributed by atoms with Gasteiger partial charge in [0.1, 0.15) is 5.69 Å². The molecule has 7 heteroatoms. The number of nitro groups is 1. The Labute approximate surface area is 107 Å². The molecule has 1 aromatic carbocycles. The molecule has 1 rings (SSSR count). The quantitative estimate of drug-likeness (QED) is 0.618.